The predicted molar refractivity (Wildman–Crippen MR) is 96.8 cm³/mol. The van der Waals surface area contributed by atoms with E-state index >= 15 is 0 Å². The fourth-order valence-corrected chi connectivity index (χ4v) is 3.15. The summed E-state index contributed by atoms with van der Waals surface area (Å²) < 4.78 is 18.1. The summed E-state index contributed by atoms with van der Waals surface area (Å²) in [5.74, 6) is 3.67. The first-order valence-electron chi connectivity index (χ1n) is 7.23. The molecule has 0 spiro atoms. The average molecular weight is 370 g/mol. The summed E-state index contributed by atoms with van der Waals surface area (Å²) in [6, 6.07) is 3.70. The highest BCUT2D eigenvalue weighted by molar-refractivity contribution is 7.99. The Hall–Kier alpha value is -1.86. The van der Waals surface area contributed by atoms with Gasteiger partial charge in [0.25, 0.3) is 0 Å². The molecule has 0 saturated carbocycles. The first-order valence-corrected chi connectivity index (χ1v) is 8.75. The number of hydrogen-bond acceptors (Lipinski definition) is 6. The molecule has 6 nitrogen and oxygen atoms in total. The summed E-state index contributed by atoms with van der Waals surface area (Å²) in [7, 11) is 4.73. The molecule has 0 aliphatic rings. The molecule has 2 rings (SSSR count). The lowest BCUT2D eigenvalue weighted by Crippen LogP contribution is -2.02. The molecule has 0 amide bonds. The topological polar surface area (TPSA) is 58.4 Å². The van der Waals surface area contributed by atoms with Crippen LogP contribution in [0.1, 0.15) is 0 Å². The van der Waals surface area contributed by atoms with E-state index in [2.05, 4.69) is 16.8 Å². The van der Waals surface area contributed by atoms with Gasteiger partial charge in [-0.2, -0.15) is 0 Å². The maximum atomic E-state index is 5.77. The molecular weight excluding hydrogens is 350 g/mol. The first kappa shape index (κ1) is 18.5. The summed E-state index contributed by atoms with van der Waals surface area (Å²) in [5, 5.41) is 9.36. The number of hydrogen-bond donors (Lipinski definition) is 0. The summed E-state index contributed by atoms with van der Waals surface area (Å²) in [4.78, 5) is 0. The second-order valence-corrected chi connectivity index (χ2v) is 6.10. The Bertz CT molecular complexity index is 681. The standard InChI is InChI=1S/C16H20ClN3O3S/c1-5-7-20-15(18-19-16(20)24-8-6-17)11-9-12(21-2)14(23-4)13(10-11)22-3/h5,9-10H,1,6-8H2,2-4H3. The van der Waals surface area contributed by atoms with Gasteiger partial charge in [0, 0.05) is 23.7 Å². The molecule has 0 aliphatic carbocycles. The van der Waals surface area contributed by atoms with Gasteiger partial charge in [0.05, 0.1) is 21.3 Å². The van der Waals surface area contributed by atoms with E-state index < -0.39 is 0 Å². The third-order valence-corrected chi connectivity index (χ3v) is 4.64. The molecular formula is C16H20ClN3O3S. The molecule has 24 heavy (non-hydrogen) atoms. The molecule has 0 unspecified atom stereocenters. The van der Waals surface area contributed by atoms with E-state index in [0.717, 1.165) is 16.5 Å². The number of allylic oxidation sites excluding steroid dienone is 1. The van der Waals surface area contributed by atoms with Crippen molar-refractivity contribution in [3.63, 3.8) is 0 Å². The highest BCUT2D eigenvalue weighted by atomic mass is 35.5. The number of methoxy groups -OCH3 is 3. The highest BCUT2D eigenvalue weighted by Gasteiger charge is 2.19. The molecule has 1 aromatic carbocycles. The molecule has 0 atom stereocenters. The van der Waals surface area contributed by atoms with Crippen LogP contribution < -0.4 is 14.2 Å². The molecule has 0 fully saturated rings. The van der Waals surface area contributed by atoms with Crippen LogP contribution in [0.3, 0.4) is 0 Å². The van der Waals surface area contributed by atoms with Gasteiger partial charge in [-0.05, 0) is 12.1 Å². The van der Waals surface area contributed by atoms with Gasteiger partial charge in [0.15, 0.2) is 22.5 Å². The van der Waals surface area contributed by atoms with Crippen LogP contribution in [0, 0.1) is 0 Å². The number of rotatable bonds is 9. The zero-order valence-corrected chi connectivity index (χ0v) is 15.5. The van der Waals surface area contributed by atoms with Crippen LogP contribution in [0.15, 0.2) is 29.9 Å². The number of ether oxygens (including phenoxy) is 3. The van der Waals surface area contributed by atoms with Crippen molar-refractivity contribution < 1.29 is 14.2 Å². The van der Waals surface area contributed by atoms with Crippen LogP contribution in [0.5, 0.6) is 17.2 Å². The van der Waals surface area contributed by atoms with Crippen LogP contribution in [-0.2, 0) is 6.54 Å². The van der Waals surface area contributed by atoms with Gasteiger partial charge in [-0.25, -0.2) is 0 Å². The van der Waals surface area contributed by atoms with Crippen molar-refractivity contribution in [3.8, 4) is 28.6 Å². The summed E-state index contributed by atoms with van der Waals surface area (Å²) in [6.45, 7) is 4.39. The number of halogens is 1. The fourth-order valence-electron chi connectivity index (χ4n) is 2.24. The first-order chi connectivity index (χ1) is 11.7. The second-order valence-electron chi connectivity index (χ2n) is 4.66. The van der Waals surface area contributed by atoms with Gasteiger partial charge >= 0.3 is 0 Å². The highest BCUT2D eigenvalue weighted by Crippen LogP contribution is 2.41. The number of nitrogens with zero attached hydrogens (tertiary/aromatic N) is 3. The zero-order valence-electron chi connectivity index (χ0n) is 13.9. The van der Waals surface area contributed by atoms with Crippen LogP contribution in [0.25, 0.3) is 11.4 Å². The van der Waals surface area contributed by atoms with Crippen molar-refractivity contribution in [2.75, 3.05) is 33.0 Å². The van der Waals surface area contributed by atoms with E-state index in [4.69, 9.17) is 25.8 Å². The van der Waals surface area contributed by atoms with Crippen molar-refractivity contribution in [2.45, 2.75) is 11.7 Å². The van der Waals surface area contributed by atoms with Crippen molar-refractivity contribution >= 4 is 23.4 Å². The number of alkyl halides is 1. The molecule has 130 valence electrons. The van der Waals surface area contributed by atoms with Gasteiger partial charge in [-0.3, -0.25) is 4.57 Å². The van der Waals surface area contributed by atoms with Crippen molar-refractivity contribution in [1.82, 2.24) is 14.8 Å². The molecule has 0 saturated heterocycles. The number of thioether (sulfide) groups is 1. The van der Waals surface area contributed by atoms with E-state index in [0.29, 0.717) is 35.5 Å². The predicted octanol–water partition coefficient (Wildman–Crippen LogP) is 3.49. The zero-order chi connectivity index (χ0) is 17.5. The maximum absolute atomic E-state index is 5.77. The number of aromatic nitrogens is 3. The van der Waals surface area contributed by atoms with E-state index in [1.807, 2.05) is 16.7 Å². The third kappa shape index (κ3) is 3.79. The summed E-state index contributed by atoms with van der Waals surface area (Å²) >= 11 is 7.32. The molecule has 0 aliphatic heterocycles. The molecule has 0 radical (unpaired) electrons. The monoisotopic (exact) mass is 369 g/mol. The third-order valence-electron chi connectivity index (χ3n) is 3.26. The molecule has 0 bridgehead atoms. The number of benzene rings is 1. The Morgan fingerprint density at radius 1 is 1.17 bits per heavy atom. The van der Waals surface area contributed by atoms with Gasteiger partial charge in [0.1, 0.15) is 0 Å². The van der Waals surface area contributed by atoms with Crippen LogP contribution in [0.2, 0.25) is 0 Å². The molecule has 1 heterocycles. The minimum atomic E-state index is 0.537. The maximum Gasteiger partial charge on any atom is 0.203 e. The molecule has 8 heteroatoms. The molecule has 2 aromatic rings. The normalized spacial score (nSPS) is 10.5. The van der Waals surface area contributed by atoms with Gasteiger partial charge in [-0.15, -0.1) is 28.4 Å². The van der Waals surface area contributed by atoms with E-state index in [1.165, 1.54) is 0 Å². The molecule has 1 aromatic heterocycles. The van der Waals surface area contributed by atoms with Gasteiger partial charge < -0.3 is 14.2 Å². The van der Waals surface area contributed by atoms with E-state index in [-0.39, 0.29) is 0 Å². The Labute approximate surface area is 150 Å². The average Bonchev–Trinajstić information content (AvgIpc) is 3.01. The summed E-state index contributed by atoms with van der Waals surface area (Å²) in [6.07, 6.45) is 1.80. The van der Waals surface area contributed by atoms with Crippen molar-refractivity contribution in [2.24, 2.45) is 0 Å². The Kier molecular flexibility index (Phi) is 6.81. The quantitative estimate of drug-likeness (QED) is 0.383. The Balaban J connectivity index is 2.54. The minimum absolute atomic E-state index is 0.537. The van der Waals surface area contributed by atoms with Gasteiger partial charge in [-0.1, -0.05) is 17.8 Å². The lowest BCUT2D eigenvalue weighted by Gasteiger charge is -2.14. The van der Waals surface area contributed by atoms with Crippen LogP contribution >= 0.6 is 23.4 Å². The largest absolute Gasteiger partial charge is 0.493 e. The lowest BCUT2D eigenvalue weighted by atomic mass is 10.1. The summed E-state index contributed by atoms with van der Waals surface area (Å²) in [5.41, 5.74) is 0.816. The fraction of sp³-hybridized carbons (Fsp3) is 0.375. The van der Waals surface area contributed by atoms with Crippen LogP contribution in [-0.4, -0.2) is 47.7 Å². The smallest absolute Gasteiger partial charge is 0.203 e. The second kappa shape index (κ2) is 8.84. The van der Waals surface area contributed by atoms with Gasteiger partial charge in [0.2, 0.25) is 5.75 Å². The Morgan fingerprint density at radius 2 is 1.83 bits per heavy atom. The van der Waals surface area contributed by atoms with E-state index in [1.54, 1.807) is 39.2 Å². The van der Waals surface area contributed by atoms with Crippen LogP contribution in [0.4, 0.5) is 0 Å². The van der Waals surface area contributed by atoms with E-state index in [9.17, 15) is 0 Å². The minimum Gasteiger partial charge on any atom is -0.493 e. The molecule has 0 N–H and O–H groups in total. The lowest BCUT2D eigenvalue weighted by molar-refractivity contribution is 0.324. The van der Waals surface area contributed by atoms with Crippen molar-refractivity contribution in [1.29, 1.82) is 0 Å². The SMILES string of the molecule is C=CCn1c(SCCCl)nnc1-c1cc(OC)c(OC)c(OC)c1. The Morgan fingerprint density at radius 3 is 2.33 bits per heavy atom. The van der Waals surface area contributed by atoms with Crippen molar-refractivity contribution in [3.05, 3.63) is 24.8 Å².